The van der Waals surface area contributed by atoms with Crippen molar-refractivity contribution in [2.24, 2.45) is 7.05 Å². The summed E-state index contributed by atoms with van der Waals surface area (Å²) in [5.41, 5.74) is 9.56. The lowest BCUT2D eigenvalue weighted by Crippen LogP contribution is -1.98. The number of nitrogens with two attached hydrogens (primary N) is 1. The van der Waals surface area contributed by atoms with Gasteiger partial charge < -0.3 is 5.73 Å². The molecule has 2 N–H and O–H groups in total. The van der Waals surface area contributed by atoms with E-state index in [-0.39, 0.29) is 0 Å². The van der Waals surface area contributed by atoms with E-state index in [1.807, 2.05) is 13.1 Å². The molecule has 0 unspecified atom stereocenters. The van der Waals surface area contributed by atoms with Crippen LogP contribution in [0.4, 0.5) is 5.82 Å². The second-order valence-electron chi connectivity index (χ2n) is 5.15. The lowest BCUT2D eigenvalue weighted by Gasteiger charge is -2.13. The van der Waals surface area contributed by atoms with Crippen LogP contribution in [0.3, 0.4) is 0 Å². The second kappa shape index (κ2) is 4.48. The van der Waals surface area contributed by atoms with Gasteiger partial charge in [0.2, 0.25) is 0 Å². The Balaban J connectivity index is 2.05. The minimum absolute atomic E-state index is 0.699. The predicted octanol–water partition coefficient (Wildman–Crippen LogP) is 3.33. The SMILES string of the molecule is Cn1nc(-c2ccccc2C2CCCC2)cc1N. The van der Waals surface area contributed by atoms with Gasteiger partial charge in [-0.2, -0.15) is 5.10 Å². The molecule has 0 saturated heterocycles. The summed E-state index contributed by atoms with van der Waals surface area (Å²) in [4.78, 5) is 0. The minimum atomic E-state index is 0.699. The number of nitrogen functional groups attached to an aromatic ring is 1. The molecule has 0 atom stereocenters. The van der Waals surface area contributed by atoms with E-state index in [0.717, 1.165) is 5.69 Å². The Morgan fingerprint density at radius 1 is 1.22 bits per heavy atom. The van der Waals surface area contributed by atoms with Crippen LogP contribution < -0.4 is 5.73 Å². The minimum Gasteiger partial charge on any atom is -0.384 e. The number of nitrogens with zero attached hydrogens (tertiary/aromatic N) is 2. The van der Waals surface area contributed by atoms with Crippen molar-refractivity contribution < 1.29 is 0 Å². The number of hydrogen-bond acceptors (Lipinski definition) is 2. The van der Waals surface area contributed by atoms with Crippen molar-refractivity contribution in [2.75, 3.05) is 5.73 Å². The number of hydrogen-bond donors (Lipinski definition) is 1. The maximum absolute atomic E-state index is 5.88. The van der Waals surface area contributed by atoms with Crippen LogP contribution in [0.1, 0.15) is 37.2 Å². The molecule has 0 spiro atoms. The van der Waals surface area contributed by atoms with Crippen molar-refractivity contribution in [2.45, 2.75) is 31.6 Å². The number of benzene rings is 1. The van der Waals surface area contributed by atoms with E-state index in [9.17, 15) is 0 Å². The lowest BCUT2D eigenvalue weighted by molar-refractivity contribution is 0.723. The molecule has 0 radical (unpaired) electrons. The number of aromatic nitrogens is 2. The first-order valence-electron chi connectivity index (χ1n) is 6.64. The molecule has 1 aliphatic carbocycles. The van der Waals surface area contributed by atoms with Crippen LogP contribution in [0.5, 0.6) is 0 Å². The molecule has 1 aromatic heterocycles. The summed E-state index contributed by atoms with van der Waals surface area (Å²) < 4.78 is 1.74. The summed E-state index contributed by atoms with van der Waals surface area (Å²) in [5.74, 6) is 1.41. The molecule has 1 fully saturated rings. The van der Waals surface area contributed by atoms with Gasteiger partial charge in [0.1, 0.15) is 5.82 Å². The molecular formula is C15H19N3. The normalized spacial score (nSPS) is 16.3. The Morgan fingerprint density at radius 3 is 2.61 bits per heavy atom. The maximum Gasteiger partial charge on any atom is 0.121 e. The van der Waals surface area contributed by atoms with Crippen LogP contribution in [0.15, 0.2) is 30.3 Å². The highest BCUT2D eigenvalue weighted by Gasteiger charge is 2.21. The third-order valence-electron chi connectivity index (χ3n) is 3.95. The zero-order valence-electron chi connectivity index (χ0n) is 10.8. The standard InChI is InChI=1S/C15H19N3/c1-18-15(16)10-14(17-18)13-9-5-4-8-12(13)11-6-2-3-7-11/h4-5,8-11H,2-3,6-7,16H2,1H3. The van der Waals surface area contributed by atoms with Crippen molar-refractivity contribution in [3.8, 4) is 11.3 Å². The number of rotatable bonds is 2. The van der Waals surface area contributed by atoms with Gasteiger partial charge >= 0.3 is 0 Å². The van der Waals surface area contributed by atoms with Crippen molar-refractivity contribution >= 4 is 5.82 Å². The molecule has 94 valence electrons. The second-order valence-corrected chi connectivity index (χ2v) is 5.15. The highest BCUT2D eigenvalue weighted by molar-refractivity contribution is 5.67. The number of anilines is 1. The van der Waals surface area contributed by atoms with E-state index >= 15 is 0 Å². The van der Waals surface area contributed by atoms with Crippen molar-refractivity contribution in [1.82, 2.24) is 9.78 Å². The van der Waals surface area contributed by atoms with Crippen molar-refractivity contribution in [1.29, 1.82) is 0 Å². The summed E-state index contributed by atoms with van der Waals surface area (Å²) in [6, 6.07) is 10.6. The van der Waals surface area contributed by atoms with Crippen LogP contribution >= 0.6 is 0 Å². The molecule has 18 heavy (non-hydrogen) atoms. The topological polar surface area (TPSA) is 43.8 Å². The van der Waals surface area contributed by atoms with E-state index < -0.39 is 0 Å². The van der Waals surface area contributed by atoms with E-state index in [2.05, 4.69) is 29.4 Å². The zero-order valence-corrected chi connectivity index (χ0v) is 10.8. The van der Waals surface area contributed by atoms with Gasteiger partial charge in [-0.25, -0.2) is 0 Å². The molecule has 3 nitrogen and oxygen atoms in total. The van der Waals surface area contributed by atoms with Crippen LogP contribution in [-0.4, -0.2) is 9.78 Å². The monoisotopic (exact) mass is 241 g/mol. The first-order chi connectivity index (χ1) is 8.75. The zero-order chi connectivity index (χ0) is 12.5. The molecule has 3 rings (SSSR count). The quantitative estimate of drug-likeness (QED) is 0.876. The van der Waals surface area contributed by atoms with Crippen LogP contribution in [0.25, 0.3) is 11.3 Å². The van der Waals surface area contributed by atoms with Crippen LogP contribution in [-0.2, 0) is 7.05 Å². The molecular weight excluding hydrogens is 222 g/mol. The Kier molecular flexibility index (Phi) is 2.82. The van der Waals surface area contributed by atoms with Gasteiger partial charge in [0, 0.05) is 18.7 Å². The predicted molar refractivity (Wildman–Crippen MR) is 74.3 cm³/mol. The molecule has 1 heterocycles. The Bertz CT molecular complexity index is 531. The average molecular weight is 241 g/mol. The average Bonchev–Trinajstić information content (AvgIpc) is 3.01. The van der Waals surface area contributed by atoms with Gasteiger partial charge in [0.25, 0.3) is 0 Å². The van der Waals surface area contributed by atoms with E-state index in [1.165, 1.54) is 36.8 Å². The first-order valence-corrected chi connectivity index (χ1v) is 6.64. The van der Waals surface area contributed by atoms with Gasteiger partial charge in [-0.1, -0.05) is 37.1 Å². The fourth-order valence-corrected chi connectivity index (χ4v) is 2.94. The molecule has 1 saturated carbocycles. The fraction of sp³-hybridized carbons (Fsp3) is 0.400. The van der Waals surface area contributed by atoms with E-state index in [1.54, 1.807) is 4.68 Å². The smallest absolute Gasteiger partial charge is 0.121 e. The fourth-order valence-electron chi connectivity index (χ4n) is 2.94. The Morgan fingerprint density at radius 2 is 1.94 bits per heavy atom. The number of aryl methyl sites for hydroxylation is 1. The maximum atomic E-state index is 5.88. The summed E-state index contributed by atoms with van der Waals surface area (Å²) in [7, 11) is 1.89. The van der Waals surface area contributed by atoms with E-state index in [0.29, 0.717) is 11.7 Å². The van der Waals surface area contributed by atoms with Gasteiger partial charge in [-0.3, -0.25) is 4.68 Å². The molecule has 1 aliphatic rings. The van der Waals surface area contributed by atoms with E-state index in [4.69, 9.17) is 5.73 Å². The van der Waals surface area contributed by atoms with Gasteiger partial charge in [0.15, 0.2) is 0 Å². The highest BCUT2D eigenvalue weighted by Crippen LogP contribution is 2.38. The molecule has 3 heteroatoms. The molecule has 0 amide bonds. The van der Waals surface area contributed by atoms with Gasteiger partial charge in [-0.05, 0) is 24.3 Å². The summed E-state index contributed by atoms with van der Waals surface area (Å²) in [6.07, 6.45) is 5.31. The molecule has 0 aliphatic heterocycles. The highest BCUT2D eigenvalue weighted by atomic mass is 15.3. The van der Waals surface area contributed by atoms with Crippen LogP contribution in [0, 0.1) is 0 Å². The summed E-state index contributed by atoms with van der Waals surface area (Å²) in [6.45, 7) is 0. The first kappa shape index (κ1) is 11.3. The Labute approximate surface area is 108 Å². The van der Waals surface area contributed by atoms with Gasteiger partial charge in [-0.15, -0.1) is 0 Å². The lowest BCUT2D eigenvalue weighted by atomic mass is 9.91. The van der Waals surface area contributed by atoms with Crippen molar-refractivity contribution in [3.05, 3.63) is 35.9 Å². The summed E-state index contributed by atoms with van der Waals surface area (Å²) >= 11 is 0. The Hall–Kier alpha value is -1.77. The molecule has 0 bridgehead atoms. The molecule has 2 aromatic rings. The van der Waals surface area contributed by atoms with Crippen LogP contribution in [0.2, 0.25) is 0 Å². The largest absolute Gasteiger partial charge is 0.384 e. The van der Waals surface area contributed by atoms with Crippen molar-refractivity contribution in [3.63, 3.8) is 0 Å². The summed E-state index contributed by atoms with van der Waals surface area (Å²) in [5, 5.41) is 4.50. The third-order valence-corrected chi connectivity index (χ3v) is 3.95. The third kappa shape index (κ3) is 1.90. The molecule has 1 aromatic carbocycles. The van der Waals surface area contributed by atoms with Gasteiger partial charge in [0.05, 0.1) is 5.69 Å².